The van der Waals surface area contributed by atoms with Crippen LogP contribution in [-0.4, -0.2) is 61.1 Å². The minimum atomic E-state index is -7.11. The van der Waals surface area contributed by atoms with Gasteiger partial charge in [-0.2, -0.15) is 43.9 Å². The molecule has 0 saturated carbocycles. The Morgan fingerprint density at radius 2 is 0.677 bits per heavy atom. The molecule has 0 N–H and O–H groups in total. The van der Waals surface area contributed by atoms with Gasteiger partial charge in [0, 0.05) is 12.8 Å². The molecule has 0 aromatic heterocycles. The standard InChI is InChI=1S/C12H8F18O/c13-5(14)7(17,18)1-3(9(21,22)11(25,26)27)31-4(2-8(19,20)6(15)16)10(23,24)12(28,29)30/h3-6H,1-2H2. The predicted molar refractivity (Wildman–Crippen MR) is 61.8 cm³/mol. The fourth-order valence-electron chi connectivity index (χ4n) is 1.76. The summed E-state index contributed by atoms with van der Waals surface area (Å²) in [6, 6.07) is 0. The number of ether oxygens (including phenoxy) is 1. The van der Waals surface area contributed by atoms with Crippen molar-refractivity contribution in [2.45, 2.75) is 73.9 Å². The molecule has 2 atom stereocenters. The van der Waals surface area contributed by atoms with Crippen molar-refractivity contribution in [1.29, 1.82) is 0 Å². The van der Waals surface area contributed by atoms with Crippen molar-refractivity contribution in [3.8, 4) is 0 Å². The monoisotopic (exact) mass is 510 g/mol. The zero-order chi connectivity index (χ0) is 25.4. The third-order valence-electron chi connectivity index (χ3n) is 3.45. The summed E-state index contributed by atoms with van der Waals surface area (Å²) in [6.45, 7) is 0. The SMILES string of the molecule is FC(F)C(F)(F)CC(OC(CC(F)(F)C(F)F)C(F)(F)C(F)(F)F)C(F)(F)C(F)(F)F. The molecule has 0 aliphatic carbocycles. The minimum Gasteiger partial charge on any atom is -0.361 e. The first kappa shape index (κ1) is 29.7. The molecule has 0 aliphatic heterocycles. The van der Waals surface area contributed by atoms with Gasteiger partial charge >= 0.3 is 48.9 Å². The highest BCUT2D eigenvalue weighted by molar-refractivity contribution is 4.95. The molecule has 0 rings (SSSR count). The van der Waals surface area contributed by atoms with E-state index >= 15 is 0 Å². The van der Waals surface area contributed by atoms with E-state index in [4.69, 9.17) is 0 Å². The van der Waals surface area contributed by atoms with E-state index in [1.165, 1.54) is 0 Å². The highest BCUT2D eigenvalue weighted by Crippen LogP contribution is 2.48. The zero-order valence-electron chi connectivity index (χ0n) is 13.9. The normalized spacial score (nSPS) is 17.4. The van der Waals surface area contributed by atoms with Crippen molar-refractivity contribution in [3.05, 3.63) is 0 Å². The molecule has 19 heteroatoms. The Morgan fingerprint density at radius 3 is 0.839 bits per heavy atom. The second-order valence-corrected chi connectivity index (χ2v) is 5.89. The van der Waals surface area contributed by atoms with Crippen LogP contribution in [0.2, 0.25) is 0 Å². The first-order chi connectivity index (χ1) is 13.3. The largest absolute Gasteiger partial charge is 0.456 e. The maximum Gasteiger partial charge on any atom is 0.456 e. The van der Waals surface area contributed by atoms with Gasteiger partial charge in [-0.1, -0.05) is 0 Å². The minimum absolute atomic E-state index is 2.84. The Hall–Kier alpha value is -1.30. The van der Waals surface area contributed by atoms with Crippen LogP contribution in [0.15, 0.2) is 0 Å². The molecule has 0 fully saturated rings. The number of hydrogen-bond donors (Lipinski definition) is 0. The summed E-state index contributed by atoms with van der Waals surface area (Å²) >= 11 is 0. The number of alkyl halides is 18. The first-order valence-electron chi connectivity index (χ1n) is 7.17. The van der Waals surface area contributed by atoms with Crippen molar-refractivity contribution in [2.24, 2.45) is 0 Å². The van der Waals surface area contributed by atoms with E-state index in [9.17, 15) is 79.0 Å². The molecule has 0 heterocycles. The third kappa shape index (κ3) is 6.84. The fraction of sp³-hybridized carbons (Fsp3) is 1.00. The van der Waals surface area contributed by atoms with Crippen LogP contribution < -0.4 is 0 Å². The highest BCUT2D eigenvalue weighted by Gasteiger charge is 2.70. The maximum absolute atomic E-state index is 13.3. The molecule has 0 aromatic carbocycles. The van der Waals surface area contributed by atoms with E-state index < -0.39 is 73.9 Å². The highest BCUT2D eigenvalue weighted by atomic mass is 19.4. The molecule has 188 valence electrons. The molecule has 31 heavy (non-hydrogen) atoms. The molecule has 0 saturated heterocycles. The summed E-state index contributed by atoms with van der Waals surface area (Å²) in [5.41, 5.74) is 0. The van der Waals surface area contributed by atoms with Crippen molar-refractivity contribution >= 4 is 0 Å². The van der Waals surface area contributed by atoms with Gasteiger partial charge in [-0.25, -0.2) is 35.1 Å². The van der Waals surface area contributed by atoms with Crippen LogP contribution in [0, 0.1) is 0 Å². The summed E-state index contributed by atoms with van der Waals surface area (Å²) in [5.74, 6) is -25.7. The van der Waals surface area contributed by atoms with Crippen LogP contribution in [0.4, 0.5) is 79.0 Å². The van der Waals surface area contributed by atoms with Crippen molar-refractivity contribution in [1.82, 2.24) is 0 Å². The topological polar surface area (TPSA) is 9.23 Å². The van der Waals surface area contributed by atoms with Gasteiger partial charge in [-0.05, 0) is 0 Å². The molecular formula is C12H8F18O. The predicted octanol–water partition coefficient (Wildman–Crippen LogP) is 6.72. The number of rotatable bonds is 10. The van der Waals surface area contributed by atoms with Gasteiger partial charge in [0.1, 0.15) is 12.2 Å². The van der Waals surface area contributed by atoms with Crippen LogP contribution in [0.25, 0.3) is 0 Å². The Bertz CT molecular complexity index is 525. The molecule has 0 aromatic rings. The molecule has 0 spiro atoms. The average Bonchev–Trinajstić information content (AvgIpc) is 2.50. The van der Waals surface area contributed by atoms with Crippen LogP contribution in [0.1, 0.15) is 12.8 Å². The smallest absolute Gasteiger partial charge is 0.361 e. The Morgan fingerprint density at radius 1 is 0.452 bits per heavy atom. The van der Waals surface area contributed by atoms with Gasteiger partial charge in [0.25, 0.3) is 0 Å². The van der Waals surface area contributed by atoms with Crippen LogP contribution in [-0.2, 0) is 4.74 Å². The molecule has 0 amide bonds. The fourth-order valence-corrected chi connectivity index (χ4v) is 1.76. The molecule has 0 radical (unpaired) electrons. The van der Waals surface area contributed by atoms with E-state index in [-0.39, 0.29) is 0 Å². The van der Waals surface area contributed by atoms with Gasteiger partial charge in [0.05, 0.1) is 0 Å². The van der Waals surface area contributed by atoms with Gasteiger partial charge in [0.15, 0.2) is 0 Å². The van der Waals surface area contributed by atoms with E-state index in [1.54, 1.807) is 0 Å². The third-order valence-corrected chi connectivity index (χ3v) is 3.45. The van der Waals surface area contributed by atoms with E-state index in [2.05, 4.69) is 4.74 Å². The average molecular weight is 510 g/mol. The lowest BCUT2D eigenvalue weighted by Gasteiger charge is -2.37. The summed E-state index contributed by atoms with van der Waals surface area (Å²) < 4.78 is 231. The van der Waals surface area contributed by atoms with Crippen LogP contribution >= 0.6 is 0 Å². The maximum atomic E-state index is 13.3. The van der Waals surface area contributed by atoms with Gasteiger partial charge < -0.3 is 4.74 Å². The lowest BCUT2D eigenvalue weighted by atomic mass is 10.0. The van der Waals surface area contributed by atoms with Gasteiger partial charge in [-0.15, -0.1) is 0 Å². The zero-order valence-corrected chi connectivity index (χ0v) is 13.9. The summed E-state index contributed by atoms with van der Waals surface area (Å²) in [4.78, 5) is 0. The first-order valence-corrected chi connectivity index (χ1v) is 7.17. The molecule has 0 aliphatic rings. The Labute approximate surface area is 159 Å². The van der Waals surface area contributed by atoms with Crippen LogP contribution in [0.5, 0.6) is 0 Å². The van der Waals surface area contributed by atoms with E-state index in [0.29, 0.717) is 0 Å². The van der Waals surface area contributed by atoms with Crippen molar-refractivity contribution < 1.29 is 83.8 Å². The Balaban J connectivity index is 6.49. The quantitative estimate of drug-likeness (QED) is 0.297. The number of halogens is 18. The molecule has 2 unspecified atom stereocenters. The summed E-state index contributed by atoms with van der Waals surface area (Å²) in [7, 11) is 0. The van der Waals surface area contributed by atoms with E-state index in [1.807, 2.05) is 0 Å². The lowest BCUT2D eigenvalue weighted by molar-refractivity contribution is -0.368. The van der Waals surface area contributed by atoms with E-state index in [0.717, 1.165) is 0 Å². The summed E-state index contributed by atoms with van der Waals surface area (Å²) in [5, 5.41) is 0. The van der Waals surface area contributed by atoms with Crippen LogP contribution in [0.3, 0.4) is 0 Å². The Kier molecular flexibility index (Phi) is 8.54. The molecule has 0 bridgehead atoms. The second-order valence-electron chi connectivity index (χ2n) is 5.89. The number of hydrogen-bond acceptors (Lipinski definition) is 1. The molecule has 1 nitrogen and oxygen atoms in total. The second kappa shape index (κ2) is 8.92. The van der Waals surface area contributed by atoms with Gasteiger partial charge in [-0.3, -0.25) is 0 Å². The lowest BCUT2D eigenvalue weighted by Crippen LogP contribution is -2.58. The van der Waals surface area contributed by atoms with Crippen molar-refractivity contribution in [2.75, 3.05) is 0 Å². The summed E-state index contributed by atoms with van der Waals surface area (Å²) in [6.07, 6.45) is -41.7. The molecular weight excluding hydrogens is 502 g/mol. The van der Waals surface area contributed by atoms with Gasteiger partial charge in [0.2, 0.25) is 0 Å². The van der Waals surface area contributed by atoms with Crippen molar-refractivity contribution in [3.63, 3.8) is 0 Å².